The number of benzene rings is 1. The fraction of sp³-hybridized carbons (Fsp3) is 0.471. The summed E-state index contributed by atoms with van der Waals surface area (Å²) in [5.41, 5.74) is 0.773. The number of thioether (sulfide) groups is 1. The lowest BCUT2D eigenvalue weighted by molar-refractivity contribution is -0.113. The molecular weight excluding hydrogens is 302 g/mol. The van der Waals surface area contributed by atoms with Crippen molar-refractivity contribution in [3.8, 4) is 0 Å². The molecule has 0 spiro atoms. The Hall–Kier alpha value is -0.930. The zero-order chi connectivity index (χ0) is 15.8. The van der Waals surface area contributed by atoms with Crippen molar-refractivity contribution in [1.29, 1.82) is 0 Å². The van der Waals surface area contributed by atoms with Gasteiger partial charge in [0.25, 0.3) is 0 Å². The number of carbonyl (C=O) groups excluding carboxylic acids is 1. The summed E-state index contributed by atoms with van der Waals surface area (Å²) in [6, 6.07) is 7.14. The van der Waals surface area contributed by atoms with Crippen LogP contribution in [0, 0.1) is 11.8 Å². The molecule has 0 heterocycles. The van der Waals surface area contributed by atoms with Crippen LogP contribution in [0.4, 0.5) is 5.69 Å². The molecule has 0 saturated heterocycles. The monoisotopic (exact) mass is 325 g/mol. The van der Waals surface area contributed by atoms with Gasteiger partial charge in [-0.1, -0.05) is 44.9 Å². The molecule has 1 aromatic carbocycles. The summed E-state index contributed by atoms with van der Waals surface area (Å²) in [5.74, 6) is 1.58. The van der Waals surface area contributed by atoms with Crippen LogP contribution in [0.1, 0.15) is 27.2 Å². The molecule has 0 aromatic heterocycles. The van der Waals surface area contributed by atoms with Crippen LogP contribution in [0.2, 0.25) is 5.02 Å². The summed E-state index contributed by atoms with van der Waals surface area (Å²) in [7, 11) is 0. The minimum atomic E-state index is 0.00511. The van der Waals surface area contributed by atoms with E-state index in [0.29, 0.717) is 27.9 Å². The molecule has 1 N–H and O–H groups in total. The van der Waals surface area contributed by atoms with Crippen molar-refractivity contribution >= 4 is 35.0 Å². The van der Waals surface area contributed by atoms with E-state index in [4.69, 9.17) is 11.6 Å². The molecule has 0 bridgehead atoms. The first kappa shape index (κ1) is 18.1. The average Bonchev–Trinajstić information content (AvgIpc) is 2.49. The average molecular weight is 326 g/mol. The Bertz CT molecular complexity index is 460. The van der Waals surface area contributed by atoms with Gasteiger partial charge in [0.1, 0.15) is 0 Å². The molecule has 0 saturated carbocycles. The summed E-state index contributed by atoms with van der Waals surface area (Å²) in [5, 5.41) is 3.84. The Balaban J connectivity index is 2.47. The summed E-state index contributed by atoms with van der Waals surface area (Å²) in [4.78, 5) is 12.0. The molecule has 2 nitrogen and oxygen atoms in total. The van der Waals surface area contributed by atoms with Crippen molar-refractivity contribution in [1.82, 2.24) is 0 Å². The Kier molecular flexibility index (Phi) is 7.91. The summed E-state index contributed by atoms with van der Waals surface area (Å²) >= 11 is 7.47. The number of rotatable bonds is 8. The lowest BCUT2D eigenvalue weighted by Gasteiger charge is -2.25. The highest BCUT2D eigenvalue weighted by Crippen LogP contribution is 2.28. The Morgan fingerprint density at radius 1 is 1.38 bits per heavy atom. The smallest absolute Gasteiger partial charge is 0.234 e. The standard InChI is InChI=1S/C17H24ClNOS/c1-5-12(3)13(4)16(6-2)21-11-17(20)19-15-9-7-14(18)8-10-15/h6-10,12-13,16H,2,5,11H2,1,3-4H3,(H,19,20)/t12-,13-,16?/m1/s1. The van der Waals surface area contributed by atoms with E-state index in [-0.39, 0.29) is 5.91 Å². The SMILES string of the molecule is C=CC(SCC(=O)Nc1ccc(Cl)cc1)[C@H](C)[C@H](C)CC. The van der Waals surface area contributed by atoms with Crippen molar-refractivity contribution < 1.29 is 4.79 Å². The third kappa shape index (κ3) is 6.15. The van der Waals surface area contributed by atoms with Gasteiger partial charge < -0.3 is 5.32 Å². The molecule has 0 fully saturated rings. The number of halogens is 1. The largest absolute Gasteiger partial charge is 0.325 e. The maximum absolute atomic E-state index is 12.0. The molecule has 3 atom stereocenters. The van der Waals surface area contributed by atoms with E-state index < -0.39 is 0 Å². The van der Waals surface area contributed by atoms with Gasteiger partial charge in [-0.3, -0.25) is 4.79 Å². The second-order valence-corrected chi connectivity index (χ2v) is 6.91. The van der Waals surface area contributed by atoms with E-state index in [1.807, 2.05) is 6.08 Å². The van der Waals surface area contributed by atoms with Gasteiger partial charge in [-0.2, -0.15) is 0 Å². The van der Waals surface area contributed by atoms with Gasteiger partial charge in [0, 0.05) is 16.0 Å². The van der Waals surface area contributed by atoms with Gasteiger partial charge in [-0.25, -0.2) is 0 Å². The molecular formula is C17H24ClNOS. The number of hydrogen-bond acceptors (Lipinski definition) is 2. The predicted molar refractivity (Wildman–Crippen MR) is 95.1 cm³/mol. The van der Waals surface area contributed by atoms with Crippen LogP contribution in [-0.2, 0) is 4.79 Å². The third-order valence-electron chi connectivity index (χ3n) is 3.83. The molecule has 1 unspecified atom stereocenters. The highest BCUT2D eigenvalue weighted by Gasteiger charge is 2.20. The van der Waals surface area contributed by atoms with Crippen LogP contribution in [0.15, 0.2) is 36.9 Å². The molecule has 1 amide bonds. The molecule has 21 heavy (non-hydrogen) atoms. The first-order valence-electron chi connectivity index (χ1n) is 7.27. The summed E-state index contributed by atoms with van der Waals surface area (Å²) in [6.45, 7) is 10.6. The van der Waals surface area contributed by atoms with Crippen LogP contribution in [0.5, 0.6) is 0 Å². The van der Waals surface area contributed by atoms with Gasteiger partial charge in [0.15, 0.2) is 0 Å². The van der Waals surface area contributed by atoms with Gasteiger partial charge >= 0.3 is 0 Å². The molecule has 0 aliphatic carbocycles. The highest BCUT2D eigenvalue weighted by molar-refractivity contribution is 8.00. The van der Waals surface area contributed by atoms with Crippen molar-refractivity contribution in [2.75, 3.05) is 11.1 Å². The minimum absolute atomic E-state index is 0.00511. The lowest BCUT2D eigenvalue weighted by atomic mass is 9.90. The zero-order valence-electron chi connectivity index (χ0n) is 12.9. The fourth-order valence-corrected chi connectivity index (χ4v) is 3.28. The normalized spacial score (nSPS) is 15.0. The van der Waals surface area contributed by atoms with Gasteiger partial charge in [0.05, 0.1) is 5.75 Å². The fourth-order valence-electron chi connectivity index (χ4n) is 2.03. The molecule has 0 aliphatic rings. The molecule has 1 aromatic rings. The van der Waals surface area contributed by atoms with E-state index in [9.17, 15) is 4.79 Å². The first-order chi connectivity index (χ1) is 9.97. The van der Waals surface area contributed by atoms with E-state index in [0.717, 1.165) is 12.1 Å². The third-order valence-corrected chi connectivity index (χ3v) is 5.51. The number of anilines is 1. The Morgan fingerprint density at radius 3 is 2.52 bits per heavy atom. The van der Waals surface area contributed by atoms with Crippen molar-refractivity contribution in [3.05, 3.63) is 41.9 Å². The van der Waals surface area contributed by atoms with Crippen molar-refractivity contribution in [2.24, 2.45) is 11.8 Å². The number of hydrogen-bond donors (Lipinski definition) is 1. The van der Waals surface area contributed by atoms with E-state index >= 15 is 0 Å². The lowest BCUT2D eigenvalue weighted by Crippen LogP contribution is -2.22. The summed E-state index contributed by atoms with van der Waals surface area (Å²) in [6.07, 6.45) is 3.10. The maximum atomic E-state index is 12.0. The second-order valence-electron chi connectivity index (χ2n) is 5.31. The topological polar surface area (TPSA) is 29.1 Å². The van der Waals surface area contributed by atoms with E-state index in [2.05, 4.69) is 32.7 Å². The number of nitrogens with one attached hydrogen (secondary N) is 1. The number of amides is 1. The quantitative estimate of drug-likeness (QED) is 0.661. The van der Waals surface area contributed by atoms with Crippen LogP contribution < -0.4 is 5.32 Å². The predicted octanol–water partition coefficient (Wildman–Crippen LogP) is 5.25. The zero-order valence-corrected chi connectivity index (χ0v) is 14.5. The number of carbonyl (C=O) groups is 1. The highest BCUT2D eigenvalue weighted by atomic mass is 35.5. The van der Waals surface area contributed by atoms with Crippen molar-refractivity contribution in [3.63, 3.8) is 0 Å². The van der Waals surface area contributed by atoms with Crippen LogP contribution in [-0.4, -0.2) is 16.9 Å². The molecule has 0 radical (unpaired) electrons. The van der Waals surface area contributed by atoms with Crippen molar-refractivity contribution in [2.45, 2.75) is 32.4 Å². The molecule has 4 heteroatoms. The first-order valence-corrected chi connectivity index (χ1v) is 8.70. The molecule has 0 aliphatic heterocycles. The van der Waals surface area contributed by atoms with Crippen LogP contribution in [0.3, 0.4) is 0 Å². The Morgan fingerprint density at radius 2 is 2.00 bits per heavy atom. The van der Waals surface area contributed by atoms with Gasteiger partial charge in [0.2, 0.25) is 5.91 Å². The molecule has 1 rings (SSSR count). The Labute approximate surface area is 137 Å². The second kappa shape index (κ2) is 9.16. The van der Waals surface area contributed by atoms with Gasteiger partial charge in [-0.15, -0.1) is 18.3 Å². The van der Waals surface area contributed by atoms with Crippen LogP contribution >= 0.6 is 23.4 Å². The van der Waals surface area contributed by atoms with E-state index in [1.165, 1.54) is 0 Å². The van der Waals surface area contributed by atoms with Crippen LogP contribution in [0.25, 0.3) is 0 Å². The maximum Gasteiger partial charge on any atom is 0.234 e. The molecule has 116 valence electrons. The minimum Gasteiger partial charge on any atom is -0.325 e. The van der Waals surface area contributed by atoms with Gasteiger partial charge in [-0.05, 0) is 36.1 Å². The van der Waals surface area contributed by atoms with E-state index in [1.54, 1.807) is 36.0 Å². The summed E-state index contributed by atoms with van der Waals surface area (Å²) < 4.78 is 0.